The maximum atomic E-state index is 5.06. The highest BCUT2D eigenvalue weighted by molar-refractivity contribution is 4.99. The van der Waals surface area contributed by atoms with Gasteiger partial charge in [-0.15, -0.1) is 0 Å². The highest BCUT2D eigenvalue weighted by atomic mass is 16.5. The molecule has 2 saturated heterocycles. The predicted molar refractivity (Wildman–Crippen MR) is 68.1 cm³/mol. The second-order valence-electron chi connectivity index (χ2n) is 5.51. The van der Waals surface area contributed by atoms with Gasteiger partial charge in [0.2, 0.25) is 5.89 Å². The van der Waals surface area contributed by atoms with Gasteiger partial charge in [-0.1, -0.05) is 12.1 Å². The molecule has 3 rings (SSSR count). The third-order valence-corrected chi connectivity index (χ3v) is 4.27. The van der Waals surface area contributed by atoms with Crippen LogP contribution in [0.4, 0.5) is 0 Å². The molecule has 1 N–H and O–H groups in total. The molecule has 5 nitrogen and oxygen atoms in total. The van der Waals surface area contributed by atoms with Crippen LogP contribution >= 0.6 is 0 Å². The van der Waals surface area contributed by atoms with E-state index in [1.54, 1.807) is 0 Å². The molecule has 2 aliphatic rings. The van der Waals surface area contributed by atoms with Crippen LogP contribution in [0.1, 0.15) is 44.3 Å². The molecule has 100 valence electrons. The number of rotatable bonds is 4. The average Bonchev–Trinajstić information content (AvgIpc) is 2.83. The number of fused-ring (bicyclic) bond motifs is 2. The third kappa shape index (κ3) is 2.29. The van der Waals surface area contributed by atoms with Gasteiger partial charge in [-0.2, -0.15) is 4.98 Å². The molecule has 5 heteroatoms. The van der Waals surface area contributed by atoms with Crippen LogP contribution < -0.4 is 5.32 Å². The monoisotopic (exact) mass is 250 g/mol. The first-order valence-corrected chi connectivity index (χ1v) is 7.04. The standard InChI is InChI=1S/C13H22N4O/c1-3-14-10-6-11-4-5-12(7-10)17(11)8-13-15-9(2)18-16-13/h10-12,14H,3-8H2,1-2H3. The molecule has 2 atom stereocenters. The smallest absolute Gasteiger partial charge is 0.223 e. The van der Waals surface area contributed by atoms with E-state index in [1.807, 2.05) is 6.92 Å². The van der Waals surface area contributed by atoms with Crippen molar-refractivity contribution in [2.24, 2.45) is 0 Å². The molecule has 2 fully saturated rings. The molecule has 0 amide bonds. The molecule has 0 aromatic carbocycles. The largest absolute Gasteiger partial charge is 0.340 e. The number of hydrogen-bond acceptors (Lipinski definition) is 5. The van der Waals surface area contributed by atoms with Gasteiger partial charge in [-0.25, -0.2) is 0 Å². The maximum absolute atomic E-state index is 5.06. The molecular formula is C13H22N4O. The van der Waals surface area contributed by atoms with Crippen molar-refractivity contribution in [3.63, 3.8) is 0 Å². The highest BCUT2D eigenvalue weighted by Gasteiger charge is 2.40. The summed E-state index contributed by atoms with van der Waals surface area (Å²) in [5.41, 5.74) is 0. The first kappa shape index (κ1) is 12.1. The van der Waals surface area contributed by atoms with Crippen molar-refractivity contribution in [2.75, 3.05) is 6.54 Å². The highest BCUT2D eigenvalue weighted by Crippen LogP contribution is 2.36. The van der Waals surface area contributed by atoms with Crippen LogP contribution in [0.2, 0.25) is 0 Å². The molecular weight excluding hydrogens is 228 g/mol. The van der Waals surface area contributed by atoms with Crippen LogP contribution in [0.25, 0.3) is 0 Å². The van der Waals surface area contributed by atoms with E-state index in [0.717, 1.165) is 18.9 Å². The van der Waals surface area contributed by atoms with Crippen LogP contribution in [-0.2, 0) is 6.54 Å². The Hall–Kier alpha value is -0.940. The van der Waals surface area contributed by atoms with E-state index >= 15 is 0 Å². The molecule has 1 aromatic heterocycles. The zero-order chi connectivity index (χ0) is 12.5. The summed E-state index contributed by atoms with van der Waals surface area (Å²) in [6.45, 7) is 5.97. The summed E-state index contributed by atoms with van der Waals surface area (Å²) in [4.78, 5) is 6.90. The maximum Gasteiger partial charge on any atom is 0.223 e. The van der Waals surface area contributed by atoms with Gasteiger partial charge in [0.05, 0.1) is 6.54 Å². The van der Waals surface area contributed by atoms with Gasteiger partial charge in [0, 0.05) is 25.0 Å². The Bertz CT molecular complexity index is 391. The van der Waals surface area contributed by atoms with E-state index in [0.29, 0.717) is 24.0 Å². The van der Waals surface area contributed by atoms with Crippen molar-refractivity contribution in [1.82, 2.24) is 20.4 Å². The Balaban J connectivity index is 1.65. The predicted octanol–water partition coefficient (Wildman–Crippen LogP) is 1.48. The molecule has 18 heavy (non-hydrogen) atoms. The zero-order valence-electron chi connectivity index (χ0n) is 11.2. The van der Waals surface area contributed by atoms with Crippen molar-refractivity contribution < 1.29 is 4.52 Å². The number of piperidine rings is 1. The molecule has 0 aliphatic carbocycles. The van der Waals surface area contributed by atoms with Gasteiger partial charge in [-0.05, 0) is 32.2 Å². The fourth-order valence-corrected chi connectivity index (χ4v) is 3.56. The normalized spacial score (nSPS) is 32.0. The number of aryl methyl sites for hydroxylation is 1. The summed E-state index contributed by atoms with van der Waals surface area (Å²) in [6, 6.07) is 2.11. The topological polar surface area (TPSA) is 54.2 Å². The molecule has 0 saturated carbocycles. The van der Waals surface area contributed by atoms with E-state index < -0.39 is 0 Å². The number of nitrogens with zero attached hydrogens (tertiary/aromatic N) is 3. The number of nitrogens with one attached hydrogen (secondary N) is 1. The summed E-state index contributed by atoms with van der Waals surface area (Å²) in [6.07, 6.45) is 5.18. The van der Waals surface area contributed by atoms with Crippen LogP contribution in [-0.4, -0.2) is 39.7 Å². The van der Waals surface area contributed by atoms with Crippen LogP contribution in [0.3, 0.4) is 0 Å². The van der Waals surface area contributed by atoms with Gasteiger partial charge in [-0.3, -0.25) is 4.90 Å². The fourth-order valence-electron chi connectivity index (χ4n) is 3.56. The van der Waals surface area contributed by atoms with Crippen molar-refractivity contribution in [3.05, 3.63) is 11.7 Å². The minimum absolute atomic E-state index is 0.667. The minimum atomic E-state index is 0.667. The molecule has 2 bridgehead atoms. The molecule has 2 aliphatic heterocycles. The molecule has 0 radical (unpaired) electrons. The van der Waals surface area contributed by atoms with E-state index in [4.69, 9.17) is 4.52 Å². The van der Waals surface area contributed by atoms with E-state index in [2.05, 4.69) is 27.3 Å². The second kappa shape index (κ2) is 4.97. The van der Waals surface area contributed by atoms with Crippen molar-refractivity contribution in [1.29, 1.82) is 0 Å². The zero-order valence-corrected chi connectivity index (χ0v) is 11.2. The Morgan fingerprint density at radius 3 is 2.61 bits per heavy atom. The van der Waals surface area contributed by atoms with Crippen LogP contribution in [0.5, 0.6) is 0 Å². The average molecular weight is 250 g/mol. The van der Waals surface area contributed by atoms with E-state index in [9.17, 15) is 0 Å². The first-order chi connectivity index (χ1) is 8.76. The minimum Gasteiger partial charge on any atom is -0.340 e. The fraction of sp³-hybridized carbons (Fsp3) is 0.846. The van der Waals surface area contributed by atoms with Crippen LogP contribution in [0.15, 0.2) is 4.52 Å². The Kier molecular flexibility index (Phi) is 3.35. The summed E-state index contributed by atoms with van der Waals surface area (Å²) >= 11 is 0. The number of hydrogen-bond donors (Lipinski definition) is 1. The second-order valence-corrected chi connectivity index (χ2v) is 5.51. The first-order valence-electron chi connectivity index (χ1n) is 7.04. The number of aromatic nitrogens is 2. The lowest BCUT2D eigenvalue weighted by atomic mass is 9.97. The lowest BCUT2D eigenvalue weighted by molar-refractivity contribution is 0.106. The van der Waals surface area contributed by atoms with Gasteiger partial charge < -0.3 is 9.84 Å². The summed E-state index contributed by atoms with van der Waals surface area (Å²) in [5, 5.41) is 7.62. The SMILES string of the molecule is CCNC1CC2CCC(C1)N2Cc1noc(C)n1. The van der Waals surface area contributed by atoms with Crippen molar-refractivity contribution in [3.8, 4) is 0 Å². The Labute approximate surface area is 108 Å². The molecule has 2 unspecified atom stereocenters. The van der Waals surface area contributed by atoms with Gasteiger partial charge >= 0.3 is 0 Å². The molecule has 0 spiro atoms. The molecule has 3 heterocycles. The van der Waals surface area contributed by atoms with E-state index in [-0.39, 0.29) is 0 Å². The quantitative estimate of drug-likeness (QED) is 0.877. The molecule has 1 aromatic rings. The van der Waals surface area contributed by atoms with Crippen LogP contribution in [0, 0.1) is 6.92 Å². The lowest BCUT2D eigenvalue weighted by Crippen LogP contribution is -2.48. The summed E-state index contributed by atoms with van der Waals surface area (Å²) in [7, 11) is 0. The van der Waals surface area contributed by atoms with Gasteiger partial charge in [0.25, 0.3) is 0 Å². The summed E-state index contributed by atoms with van der Waals surface area (Å²) in [5.74, 6) is 1.51. The third-order valence-electron chi connectivity index (χ3n) is 4.27. The van der Waals surface area contributed by atoms with Gasteiger partial charge in [0.15, 0.2) is 5.82 Å². The van der Waals surface area contributed by atoms with Gasteiger partial charge in [0.1, 0.15) is 0 Å². The summed E-state index contributed by atoms with van der Waals surface area (Å²) < 4.78 is 5.06. The lowest BCUT2D eigenvalue weighted by Gasteiger charge is -2.38. The van der Waals surface area contributed by atoms with E-state index in [1.165, 1.54) is 25.7 Å². The Morgan fingerprint density at radius 2 is 2.06 bits per heavy atom. The van der Waals surface area contributed by atoms with Crippen molar-refractivity contribution >= 4 is 0 Å². The Morgan fingerprint density at radius 1 is 1.33 bits per heavy atom. The van der Waals surface area contributed by atoms with Crippen molar-refractivity contribution in [2.45, 2.75) is 64.2 Å².